The molecule has 0 radical (unpaired) electrons. The summed E-state index contributed by atoms with van der Waals surface area (Å²) in [6, 6.07) is 8.78. The van der Waals surface area contributed by atoms with Crippen molar-refractivity contribution in [2.75, 3.05) is 25.5 Å². The van der Waals surface area contributed by atoms with Crippen LogP contribution in [0.3, 0.4) is 0 Å². The molecule has 1 aromatic heterocycles. The van der Waals surface area contributed by atoms with E-state index in [4.69, 9.17) is 4.42 Å². The molecule has 2 heterocycles. The number of amides is 2. The molecule has 6 heteroatoms. The van der Waals surface area contributed by atoms with Gasteiger partial charge in [-0.3, -0.25) is 9.59 Å². The number of hydrogen-bond acceptors (Lipinski definition) is 4. The quantitative estimate of drug-likeness (QED) is 0.896. The average Bonchev–Trinajstić information content (AvgIpc) is 3.13. The first-order chi connectivity index (χ1) is 12.0. The molecule has 0 aliphatic carbocycles. The summed E-state index contributed by atoms with van der Waals surface area (Å²) in [6.45, 7) is 3.86. The Morgan fingerprint density at radius 3 is 2.60 bits per heavy atom. The standard InChI is InChI=1S/C19H23N3O3/c1-13-5-6-14(18(23)20-15-7-9-22(2)10-8-15)12-16(13)21-19(24)17-4-3-11-25-17/h3-6,11-12,15H,7-10H2,1-2H3,(H,20,23)(H,21,24). The maximum atomic E-state index is 12.5. The summed E-state index contributed by atoms with van der Waals surface area (Å²) in [7, 11) is 2.09. The van der Waals surface area contributed by atoms with E-state index in [1.807, 2.05) is 13.0 Å². The van der Waals surface area contributed by atoms with Crippen molar-refractivity contribution >= 4 is 17.5 Å². The summed E-state index contributed by atoms with van der Waals surface area (Å²) in [5, 5.41) is 5.88. The summed E-state index contributed by atoms with van der Waals surface area (Å²) >= 11 is 0. The predicted octanol–water partition coefficient (Wildman–Crippen LogP) is 2.66. The van der Waals surface area contributed by atoms with Gasteiger partial charge < -0.3 is 20.0 Å². The Labute approximate surface area is 147 Å². The average molecular weight is 341 g/mol. The lowest BCUT2D eigenvalue weighted by Gasteiger charge is -2.29. The van der Waals surface area contributed by atoms with Gasteiger partial charge in [-0.05, 0) is 69.7 Å². The number of nitrogens with one attached hydrogen (secondary N) is 2. The number of carbonyl (C=O) groups excluding carboxylic acids is 2. The zero-order valence-electron chi connectivity index (χ0n) is 14.5. The van der Waals surface area contributed by atoms with E-state index in [9.17, 15) is 9.59 Å². The predicted molar refractivity (Wildman–Crippen MR) is 95.8 cm³/mol. The maximum Gasteiger partial charge on any atom is 0.291 e. The van der Waals surface area contributed by atoms with Gasteiger partial charge in [-0.15, -0.1) is 0 Å². The summed E-state index contributed by atoms with van der Waals surface area (Å²) < 4.78 is 5.10. The highest BCUT2D eigenvalue weighted by Gasteiger charge is 2.20. The highest BCUT2D eigenvalue weighted by Crippen LogP contribution is 2.19. The van der Waals surface area contributed by atoms with Crippen LogP contribution in [0.4, 0.5) is 5.69 Å². The molecule has 0 atom stereocenters. The maximum absolute atomic E-state index is 12.5. The largest absolute Gasteiger partial charge is 0.459 e. The van der Waals surface area contributed by atoms with Crippen LogP contribution in [0.25, 0.3) is 0 Å². The molecule has 0 saturated carbocycles. The first-order valence-electron chi connectivity index (χ1n) is 8.48. The van der Waals surface area contributed by atoms with Crippen molar-refractivity contribution in [3.63, 3.8) is 0 Å². The van der Waals surface area contributed by atoms with Gasteiger partial charge in [0.1, 0.15) is 0 Å². The molecule has 1 aliphatic heterocycles. The Hall–Kier alpha value is -2.60. The molecule has 25 heavy (non-hydrogen) atoms. The van der Waals surface area contributed by atoms with Crippen LogP contribution in [0, 0.1) is 6.92 Å². The lowest BCUT2D eigenvalue weighted by molar-refractivity contribution is 0.0915. The fourth-order valence-electron chi connectivity index (χ4n) is 2.91. The Kier molecular flexibility index (Phi) is 5.19. The molecule has 2 amide bonds. The number of hydrogen-bond donors (Lipinski definition) is 2. The number of anilines is 1. The summed E-state index contributed by atoms with van der Waals surface area (Å²) in [6.07, 6.45) is 3.36. The second-order valence-electron chi connectivity index (χ2n) is 6.51. The zero-order chi connectivity index (χ0) is 17.8. The van der Waals surface area contributed by atoms with Gasteiger partial charge in [0.2, 0.25) is 0 Å². The van der Waals surface area contributed by atoms with Crippen LogP contribution in [-0.2, 0) is 0 Å². The molecule has 1 saturated heterocycles. The van der Waals surface area contributed by atoms with E-state index in [1.54, 1.807) is 24.3 Å². The molecule has 1 fully saturated rings. The molecule has 0 spiro atoms. The topological polar surface area (TPSA) is 74.6 Å². The third-order valence-corrected chi connectivity index (χ3v) is 4.55. The molecule has 2 N–H and O–H groups in total. The fourth-order valence-corrected chi connectivity index (χ4v) is 2.91. The van der Waals surface area contributed by atoms with Crippen LogP contribution in [0.15, 0.2) is 41.0 Å². The lowest BCUT2D eigenvalue weighted by atomic mass is 10.0. The molecule has 2 aromatic rings. The van der Waals surface area contributed by atoms with Crippen molar-refractivity contribution in [3.8, 4) is 0 Å². The minimum atomic E-state index is -0.332. The molecule has 0 bridgehead atoms. The van der Waals surface area contributed by atoms with Gasteiger partial charge in [-0.25, -0.2) is 0 Å². The number of rotatable bonds is 4. The molecule has 6 nitrogen and oxygen atoms in total. The van der Waals surface area contributed by atoms with Gasteiger partial charge in [0.15, 0.2) is 5.76 Å². The number of piperidine rings is 1. The highest BCUT2D eigenvalue weighted by molar-refractivity contribution is 6.03. The Morgan fingerprint density at radius 2 is 1.92 bits per heavy atom. The van der Waals surface area contributed by atoms with Crippen molar-refractivity contribution in [2.45, 2.75) is 25.8 Å². The summed E-state index contributed by atoms with van der Waals surface area (Å²) in [5.74, 6) is -0.204. The van der Waals surface area contributed by atoms with Crippen LogP contribution in [-0.4, -0.2) is 42.9 Å². The molecule has 1 aliphatic rings. The van der Waals surface area contributed by atoms with E-state index in [1.165, 1.54) is 6.26 Å². The van der Waals surface area contributed by atoms with E-state index < -0.39 is 0 Å². The Morgan fingerprint density at radius 1 is 1.16 bits per heavy atom. The van der Waals surface area contributed by atoms with Gasteiger partial charge in [0.05, 0.1) is 6.26 Å². The van der Waals surface area contributed by atoms with Crippen LogP contribution in [0.2, 0.25) is 0 Å². The van der Waals surface area contributed by atoms with E-state index >= 15 is 0 Å². The highest BCUT2D eigenvalue weighted by atomic mass is 16.3. The third-order valence-electron chi connectivity index (χ3n) is 4.55. The number of aryl methyl sites for hydroxylation is 1. The van der Waals surface area contributed by atoms with Crippen LogP contribution in [0.1, 0.15) is 39.3 Å². The van der Waals surface area contributed by atoms with E-state index in [2.05, 4.69) is 22.6 Å². The van der Waals surface area contributed by atoms with Crippen molar-refractivity contribution in [2.24, 2.45) is 0 Å². The number of benzene rings is 1. The monoisotopic (exact) mass is 341 g/mol. The summed E-state index contributed by atoms with van der Waals surface area (Å²) in [5.41, 5.74) is 2.03. The second kappa shape index (κ2) is 7.53. The second-order valence-corrected chi connectivity index (χ2v) is 6.51. The molecule has 132 valence electrons. The van der Waals surface area contributed by atoms with Crippen molar-refractivity contribution in [1.29, 1.82) is 0 Å². The Bertz CT molecular complexity index is 747. The molecule has 1 aromatic carbocycles. The molecular weight excluding hydrogens is 318 g/mol. The van der Waals surface area contributed by atoms with Crippen LogP contribution < -0.4 is 10.6 Å². The molecule has 3 rings (SSSR count). The van der Waals surface area contributed by atoms with Gasteiger partial charge in [0, 0.05) is 17.3 Å². The number of likely N-dealkylation sites (tertiary alicyclic amines) is 1. The fraction of sp³-hybridized carbons (Fsp3) is 0.368. The van der Waals surface area contributed by atoms with E-state index in [0.717, 1.165) is 31.5 Å². The van der Waals surface area contributed by atoms with Crippen molar-refractivity contribution < 1.29 is 14.0 Å². The first kappa shape index (κ1) is 17.2. The molecule has 0 unspecified atom stereocenters. The van der Waals surface area contributed by atoms with Gasteiger partial charge in [-0.1, -0.05) is 6.07 Å². The normalized spacial score (nSPS) is 15.8. The SMILES string of the molecule is Cc1ccc(C(=O)NC2CCN(C)CC2)cc1NC(=O)c1ccco1. The number of carbonyl (C=O) groups is 2. The van der Waals surface area contributed by atoms with E-state index in [-0.39, 0.29) is 23.6 Å². The van der Waals surface area contributed by atoms with Gasteiger partial charge in [0.25, 0.3) is 11.8 Å². The minimum Gasteiger partial charge on any atom is -0.459 e. The third kappa shape index (κ3) is 4.28. The van der Waals surface area contributed by atoms with E-state index in [0.29, 0.717) is 11.3 Å². The number of furan rings is 1. The van der Waals surface area contributed by atoms with Crippen molar-refractivity contribution in [3.05, 3.63) is 53.5 Å². The smallest absolute Gasteiger partial charge is 0.291 e. The zero-order valence-corrected chi connectivity index (χ0v) is 14.5. The Balaban J connectivity index is 1.68. The van der Waals surface area contributed by atoms with Crippen molar-refractivity contribution in [1.82, 2.24) is 10.2 Å². The lowest BCUT2D eigenvalue weighted by Crippen LogP contribution is -2.43. The van der Waals surface area contributed by atoms with Gasteiger partial charge in [-0.2, -0.15) is 0 Å². The number of nitrogens with zero attached hydrogens (tertiary/aromatic N) is 1. The minimum absolute atomic E-state index is 0.108. The first-order valence-corrected chi connectivity index (χ1v) is 8.48. The van der Waals surface area contributed by atoms with Gasteiger partial charge >= 0.3 is 0 Å². The van der Waals surface area contributed by atoms with Crippen LogP contribution in [0.5, 0.6) is 0 Å². The molecular formula is C19H23N3O3. The van der Waals surface area contributed by atoms with Crippen LogP contribution >= 0.6 is 0 Å². The summed E-state index contributed by atoms with van der Waals surface area (Å²) in [4.78, 5) is 26.9.